The lowest BCUT2D eigenvalue weighted by atomic mass is 9.53. The van der Waals surface area contributed by atoms with E-state index in [1.165, 1.54) is 31.9 Å². The quantitative estimate of drug-likeness (QED) is 0.451. The van der Waals surface area contributed by atoms with Crippen LogP contribution in [0.1, 0.15) is 47.0 Å². The van der Waals surface area contributed by atoms with Crippen LogP contribution in [0, 0.1) is 0 Å². The molecule has 0 rings (SSSR count). The van der Waals surface area contributed by atoms with Gasteiger partial charge in [-0.2, -0.15) is 0 Å². The third kappa shape index (κ3) is 4.88. The Bertz CT molecular complexity index is 191. The summed E-state index contributed by atoms with van der Waals surface area (Å²) >= 11 is 0. The van der Waals surface area contributed by atoms with E-state index in [4.69, 9.17) is 0 Å². The van der Waals surface area contributed by atoms with Crippen molar-refractivity contribution < 1.29 is 0 Å². The minimum atomic E-state index is 0.716. The van der Waals surface area contributed by atoms with Crippen molar-refractivity contribution in [2.24, 2.45) is 0 Å². The van der Waals surface area contributed by atoms with Crippen LogP contribution in [0.15, 0.2) is 11.1 Å². The van der Waals surface area contributed by atoms with E-state index in [9.17, 15) is 0 Å². The topological polar surface area (TPSA) is 3.24 Å². The molecule has 0 aromatic heterocycles. The zero-order valence-electron chi connectivity index (χ0n) is 11.6. The first-order chi connectivity index (χ1) is 7.10. The van der Waals surface area contributed by atoms with E-state index in [2.05, 4.69) is 46.6 Å². The summed E-state index contributed by atoms with van der Waals surface area (Å²) in [5.74, 6) is 0. The zero-order chi connectivity index (χ0) is 11.8. The van der Waals surface area contributed by atoms with Crippen LogP contribution < -0.4 is 0 Å². The highest BCUT2D eigenvalue weighted by molar-refractivity contribution is 6.56. The van der Waals surface area contributed by atoms with Crippen LogP contribution >= 0.6 is 0 Å². The standard InChI is InChI=1S/C13H28BN/c1-7-12(8-2)13(9-3)11-14(10-4)15(5)6/h7-11H2,1-6H3. The fourth-order valence-electron chi connectivity index (χ4n) is 2.27. The van der Waals surface area contributed by atoms with E-state index in [1.54, 1.807) is 11.1 Å². The third-order valence-corrected chi connectivity index (χ3v) is 3.46. The molecule has 0 aromatic carbocycles. The molecule has 1 nitrogen and oxygen atoms in total. The molecule has 0 unspecified atom stereocenters. The molecule has 15 heavy (non-hydrogen) atoms. The van der Waals surface area contributed by atoms with Crippen LogP contribution in [0.3, 0.4) is 0 Å². The molecule has 0 bridgehead atoms. The summed E-state index contributed by atoms with van der Waals surface area (Å²) in [5, 5.41) is 0. The second-order valence-corrected chi connectivity index (χ2v) is 4.50. The highest BCUT2D eigenvalue weighted by Crippen LogP contribution is 2.22. The van der Waals surface area contributed by atoms with Crippen molar-refractivity contribution >= 4 is 6.85 Å². The fourth-order valence-corrected chi connectivity index (χ4v) is 2.27. The molecule has 0 N–H and O–H groups in total. The van der Waals surface area contributed by atoms with Crippen molar-refractivity contribution in [3.63, 3.8) is 0 Å². The van der Waals surface area contributed by atoms with E-state index in [0.717, 1.165) is 0 Å². The van der Waals surface area contributed by atoms with E-state index in [-0.39, 0.29) is 0 Å². The van der Waals surface area contributed by atoms with Crippen LogP contribution in [0.4, 0.5) is 0 Å². The van der Waals surface area contributed by atoms with E-state index in [0.29, 0.717) is 6.85 Å². The van der Waals surface area contributed by atoms with E-state index >= 15 is 0 Å². The van der Waals surface area contributed by atoms with Gasteiger partial charge >= 0.3 is 0 Å². The number of hydrogen-bond donors (Lipinski definition) is 0. The van der Waals surface area contributed by atoms with Gasteiger partial charge < -0.3 is 4.81 Å². The molecule has 0 aliphatic heterocycles. The van der Waals surface area contributed by atoms with Gasteiger partial charge in [-0.25, -0.2) is 0 Å². The van der Waals surface area contributed by atoms with Crippen molar-refractivity contribution in [3.8, 4) is 0 Å². The minimum absolute atomic E-state index is 0.716. The fraction of sp³-hybridized carbons (Fsp3) is 0.846. The van der Waals surface area contributed by atoms with Crippen molar-refractivity contribution in [1.29, 1.82) is 0 Å². The maximum atomic E-state index is 2.36. The molecule has 0 aliphatic rings. The Morgan fingerprint density at radius 2 is 1.33 bits per heavy atom. The largest absolute Gasteiger partial charge is 0.347 e. The summed E-state index contributed by atoms with van der Waals surface area (Å²) < 4.78 is 0. The monoisotopic (exact) mass is 209 g/mol. The van der Waals surface area contributed by atoms with Gasteiger partial charge in [0.2, 0.25) is 6.85 Å². The lowest BCUT2D eigenvalue weighted by molar-refractivity contribution is 0.633. The minimum Gasteiger partial charge on any atom is -0.347 e. The summed E-state index contributed by atoms with van der Waals surface area (Å²) in [5.41, 5.74) is 3.37. The van der Waals surface area contributed by atoms with Gasteiger partial charge in [0.05, 0.1) is 0 Å². The Hall–Kier alpha value is -0.235. The van der Waals surface area contributed by atoms with Gasteiger partial charge in [0.1, 0.15) is 0 Å². The first-order valence-corrected chi connectivity index (χ1v) is 6.46. The van der Waals surface area contributed by atoms with Crippen LogP contribution in [-0.4, -0.2) is 25.8 Å². The van der Waals surface area contributed by atoms with Gasteiger partial charge in [0.25, 0.3) is 0 Å². The molecule has 0 heterocycles. The molecule has 0 radical (unpaired) electrons. The Morgan fingerprint density at radius 1 is 0.867 bits per heavy atom. The molecular formula is C13H28BN. The highest BCUT2D eigenvalue weighted by Gasteiger charge is 2.16. The average Bonchev–Trinajstić information content (AvgIpc) is 2.23. The Balaban J connectivity index is 4.61. The third-order valence-electron chi connectivity index (χ3n) is 3.46. The second kappa shape index (κ2) is 7.98. The Kier molecular flexibility index (Phi) is 7.86. The molecule has 0 aromatic rings. The van der Waals surface area contributed by atoms with Gasteiger partial charge in [-0.1, -0.05) is 45.2 Å². The van der Waals surface area contributed by atoms with Crippen LogP contribution in [-0.2, 0) is 0 Å². The molecule has 0 saturated carbocycles. The van der Waals surface area contributed by atoms with E-state index in [1.807, 2.05) is 0 Å². The number of nitrogens with zero attached hydrogens (tertiary/aromatic N) is 1. The maximum Gasteiger partial charge on any atom is 0.226 e. The van der Waals surface area contributed by atoms with Gasteiger partial charge in [-0.15, -0.1) is 0 Å². The first kappa shape index (κ1) is 14.8. The van der Waals surface area contributed by atoms with Gasteiger partial charge in [0, 0.05) is 0 Å². The van der Waals surface area contributed by atoms with Crippen molar-refractivity contribution in [2.45, 2.75) is 59.6 Å². The Labute approximate surface area is 97.0 Å². The van der Waals surface area contributed by atoms with Crippen molar-refractivity contribution in [2.75, 3.05) is 14.1 Å². The summed E-state index contributed by atoms with van der Waals surface area (Å²) in [6, 6.07) is 0. The molecule has 0 aliphatic carbocycles. The van der Waals surface area contributed by atoms with Crippen molar-refractivity contribution in [1.82, 2.24) is 4.81 Å². The summed E-state index contributed by atoms with van der Waals surface area (Å²) in [7, 11) is 4.39. The average molecular weight is 209 g/mol. The molecule has 0 atom stereocenters. The lowest BCUT2D eigenvalue weighted by Crippen LogP contribution is -2.32. The van der Waals surface area contributed by atoms with Gasteiger partial charge in [0.15, 0.2) is 0 Å². The molecular weight excluding hydrogens is 181 g/mol. The zero-order valence-corrected chi connectivity index (χ0v) is 11.6. The number of allylic oxidation sites excluding steroid dienone is 2. The molecule has 0 saturated heterocycles. The predicted octanol–water partition coefficient (Wildman–Crippen LogP) is 4.09. The van der Waals surface area contributed by atoms with Crippen LogP contribution in [0.2, 0.25) is 12.6 Å². The molecule has 2 heteroatoms. The normalized spacial score (nSPS) is 10.6. The molecule has 88 valence electrons. The summed E-state index contributed by atoms with van der Waals surface area (Å²) in [6.07, 6.45) is 6.18. The lowest BCUT2D eigenvalue weighted by Gasteiger charge is -2.22. The number of rotatable bonds is 7. The maximum absolute atomic E-state index is 2.36. The Morgan fingerprint density at radius 3 is 1.60 bits per heavy atom. The molecule has 0 amide bonds. The molecule has 0 spiro atoms. The van der Waals surface area contributed by atoms with Crippen LogP contribution in [0.25, 0.3) is 0 Å². The van der Waals surface area contributed by atoms with Crippen molar-refractivity contribution in [3.05, 3.63) is 11.1 Å². The highest BCUT2D eigenvalue weighted by atomic mass is 15.0. The van der Waals surface area contributed by atoms with Crippen LogP contribution in [0.5, 0.6) is 0 Å². The molecule has 0 fully saturated rings. The second-order valence-electron chi connectivity index (χ2n) is 4.50. The SMILES string of the molecule is CCB(CC(CC)=C(CC)CC)N(C)C. The predicted molar refractivity (Wildman–Crippen MR) is 72.6 cm³/mol. The smallest absolute Gasteiger partial charge is 0.226 e. The first-order valence-electron chi connectivity index (χ1n) is 6.46. The summed E-state index contributed by atoms with van der Waals surface area (Å²) in [6.45, 7) is 9.86. The van der Waals surface area contributed by atoms with E-state index < -0.39 is 0 Å². The van der Waals surface area contributed by atoms with Gasteiger partial charge in [-0.05, 0) is 39.7 Å². The summed E-state index contributed by atoms with van der Waals surface area (Å²) in [4.78, 5) is 2.36. The number of hydrogen-bond acceptors (Lipinski definition) is 1. The van der Waals surface area contributed by atoms with Gasteiger partial charge in [-0.3, -0.25) is 0 Å².